The average molecular weight is 395 g/mol. The minimum atomic E-state index is -1.17. The van der Waals surface area contributed by atoms with E-state index in [0.29, 0.717) is 17.9 Å². The number of nitrogens with zero attached hydrogens (tertiary/aromatic N) is 3. The Morgan fingerprint density at radius 2 is 1.75 bits per heavy atom. The van der Waals surface area contributed by atoms with Gasteiger partial charge in [0.25, 0.3) is 0 Å². The predicted octanol–water partition coefficient (Wildman–Crippen LogP) is 3.57. The van der Waals surface area contributed by atoms with Crippen LogP contribution < -0.4 is 10.6 Å². The van der Waals surface area contributed by atoms with Gasteiger partial charge in [-0.05, 0) is 30.0 Å². The van der Waals surface area contributed by atoms with Gasteiger partial charge in [0.2, 0.25) is 5.95 Å². The molecule has 1 saturated heterocycles. The standard InChI is InChI=1S/C22H23ClN4O/c23-22(24)15-18(16-5-2-1-3-6-16)7-8-19(22)20(28)17-9-13-27(14-10-17)21-25-11-4-12-26-21/h1-8,11-12,17H,9-10,13-15,24H2. The lowest BCUT2D eigenvalue weighted by atomic mass is 9.81. The molecule has 1 aliphatic carbocycles. The molecular formula is C22H23ClN4O. The maximum atomic E-state index is 13.1. The highest BCUT2D eigenvalue weighted by Gasteiger charge is 2.38. The van der Waals surface area contributed by atoms with Crippen molar-refractivity contribution < 1.29 is 4.79 Å². The minimum absolute atomic E-state index is 0.0643. The zero-order chi connectivity index (χ0) is 19.6. The third kappa shape index (κ3) is 3.86. The number of anilines is 1. The molecule has 1 aromatic heterocycles. The Morgan fingerprint density at radius 1 is 1.07 bits per heavy atom. The number of hydrogen-bond donors (Lipinski definition) is 1. The van der Waals surface area contributed by atoms with Crippen molar-refractivity contribution in [3.8, 4) is 0 Å². The van der Waals surface area contributed by atoms with Gasteiger partial charge in [-0.1, -0.05) is 54.1 Å². The van der Waals surface area contributed by atoms with E-state index in [1.807, 2.05) is 42.5 Å². The van der Waals surface area contributed by atoms with E-state index in [0.717, 1.165) is 37.1 Å². The molecule has 0 bridgehead atoms. The molecule has 2 aromatic rings. The third-order valence-electron chi connectivity index (χ3n) is 5.46. The smallest absolute Gasteiger partial charge is 0.225 e. The monoisotopic (exact) mass is 394 g/mol. The van der Waals surface area contributed by atoms with E-state index in [9.17, 15) is 4.79 Å². The molecule has 1 unspecified atom stereocenters. The second-order valence-electron chi connectivity index (χ2n) is 7.35. The lowest BCUT2D eigenvalue weighted by molar-refractivity contribution is -0.120. The molecule has 5 nitrogen and oxygen atoms in total. The van der Waals surface area contributed by atoms with Gasteiger partial charge in [-0.15, -0.1) is 0 Å². The van der Waals surface area contributed by atoms with Crippen LogP contribution >= 0.6 is 11.6 Å². The van der Waals surface area contributed by atoms with Crippen LogP contribution in [-0.4, -0.2) is 33.8 Å². The van der Waals surface area contributed by atoms with Gasteiger partial charge < -0.3 is 10.6 Å². The summed E-state index contributed by atoms with van der Waals surface area (Å²) in [6.07, 6.45) is 9.19. The Morgan fingerprint density at radius 3 is 2.39 bits per heavy atom. The predicted molar refractivity (Wildman–Crippen MR) is 112 cm³/mol. The number of alkyl halides is 1. The summed E-state index contributed by atoms with van der Waals surface area (Å²) in [6.45, 7) is 1.50. The van der Waals surface area contributed by atoms with Crippen molar-refractivity contribution in [3.05, 3.63) is 72.1 Å². The summed E-state index contributed by atoms with van der Waals surface area (Å²) < 4.78 is 0. The first-order valence-corrected chi connectivity index (χ1v) is 9.93. The summed E-state index contributed by atoms with van der Waals surface area (Å²) in [6, 6.07) is 11.8. The van der Waals surface area contributed by atoms with Crippen molar-refractivity contribution in [2.24, 2.45) is 11.7 Å². The maximum Gasteiger partial charge on any atom is 0.225 e. The van der Waals surface area contributed by atoms with Crippen LogP contribution in [0.2, 0.25) is 0 Å². The number of rotatable bonds is 4. The first-order valence-electron chi connectivity index (χ1n) is 9.55. The minimum Gasteiger partial charge on any atom is -0.341 e. The fourth-order valence-corrected chi connectivity index (χ4v) is 4.21. The highest BCUT2D eigenvalue weighted by Crippen LogP contribution is 2.38. The van der Waals surface area contributed by atoms with Gasteiger partial charge in [-0.2, -0.15) is 0 Å². The summed E-state index contributed by atoms with van der Waals surface area (Å²) in [5, 5.41) is 0. The average Bonchev–Trinajstić information content (AvgIpc) is 2.74. The molecule has 0 spiro atoms. The summed E-state index contributed by atoms with van der Waals surface area (Å²) >= 11 is 6.64. The van der Waals surface area contributed by atoms with E-state index in [1.54, 1.807) is 18.5 Å². The zero-order valence-corrected chi connectivity index (χ0v) is 16.3. The number of halogens is 1. The van der Waals surface area contributed by atoms with Crippen molar-refractivity contribution in [3.63, 3.8) is 0 Å². The number of Topliss-reactive ketones (excluding diaryl/α,β-unsaturated/α-hetero) is 1. The molecular weight excluding hydrogens is 372 g/mol. The van der Waals surface area contributed by atoms with Crippen molar-refractivity contribution in [2.45, 2.75) is 24.3 Å². The topological polar surface area (TPSA) is 72.1 Å². The van der Waals surface area contributed by atoms with Crippen molar-refractivity contribution in [2.75, 3.05) is 18.0 Å². The first-order chi connectivity index (χ1) is 13.5. The third-order valence-corrected chi connectivity index (χ3v) is 5.79. The van der Waals surface area contributed by atoms with Crippen LogP contribution in [0.1, 0.15) is 24.8 Å². The second kappa shape index (κ2) is 7.86. The molecule has 4 rings (SSSR count). The highest BCUT2D eigenvalue weighted by molar-refractivity contribution is 6.30. The second-order valence-corrected chi connectivity index (χ2v) is 8.03. The number of ketones is 1. The van der Waals surface area contributed by atoms with Crippen molar-refractivity contribution >= 4 is 28.9 Å². The number of carbonyl (C=O) groups excluding carboxylic acids is 1. The number of piperidine rings is 1. The van der Waals surface area contributed by atoms with E-state index in [-0.39, 0.29) is 11.7 Å². The summed E-state index contributed by atoms with van der Waals surface area (Å²) in [5.74, 6) is 0.709. The Bertz CT molecular complexity index is 901. The van der Waals surface area contributed by atoms with Gasteiger partial charge in [0, 0.05) is 43.4 Å². The number of nitrogens with two attached hydrogens (primary N) is 1. The molecule has 0 amide bonds. The van der Waals surface area contributed by atoms with Gasteiger partial charge in [0.05, 0.1) is 0 Å². The van der Waals surface area contributed by atoms with E-state index < -0.39 is 5.00 Å². The van der Waals surface area contributed by atoms with Crippen LogP contribution in [-0.2, 0) is 4.79 Å². The van der Waals surface area contributed by atoms with E-state index >= 15 is 0 Å². The van der Waals surface area contributed by atoms with Crippen LogP contribution in [0.4, 0.5) is 5.95 Å². The van der Waals surface area contributed by atoms with Crippen LogP contribution in [0, 0.1) is 5.92 Å². The normalized spacial score (nSPS) is 23.1. The Kier molecular flexibility index (Phi) is 5.29. The Labute approximate surface area is 169 Å². The molecule has 2 aliphatic rings. The Hall–Kier alpha value is -2.50. The van der Waals surface area contributed by atoms with E-state index in [4.69, 9.17) is 17.3 Å². The fraction of sp³-hybridized carbons (Fsp3) is 0.318. The SMILES string of the molecule is NC1(Cl)CC(c2ccccc2)=CC=C1C(=O)C1CCN(c2ncccn2)CC1. The van der Waals surface area contributed by atoms with Crippen molar-refractivity contribution in [1.29, 1.82) is 0 Å². The fourth-order valence-electron chi connectivity index (χ4n) is 3.91. The lowest BCUT2D eigenvalue weighted by Crippen LogP contribution is -2.44. The maximum absolute atomic E-state index is 13.1. The van der Waals surface area contributed by atoms with Crippen LogP contribution in [0.3, 0.4) is 0 Å². The molecule has 1 aromatic carbocycles. The molecule has 1 atom stereocenters. The molecule has 0 radical (unpaired) electrons. The summed E-state index contributed by atoms with van der Waals surface area (Å²) in [5.41, 5.74) is 9.03. The largest absolute Gasteiger partial charge is 0.341 e. The summed E-state index contributed by atoms with van der Waals surface area (Å²) in [7, 11) is 0. The number of hydrogen-bond acceptors (Lipinski definition) is 5. The van der Waals surface area contributed by atoms with Gasteiger partial charge in [0.15, 0.2) is 5.78 Å². The van der Waals surface area contributed by atoms with Crippen LogP contribution in [0.5, 0.6) is 0 Å². The quantitative estimate of drug-likeness (QED) is 0.634. The molecule has 2 N–H and O–H groups in total. The molecule has 144 valence electrons. The van der Waals surface area contributed by atoms with Gasteiger partial charge >= 0.3 is 0 Å². The highest BCUT2D eigenvalue weighted by atomic mass is 35.5. The Balaban J connectivity index is 1.47. The number of carbonyl (C=O) groups is 1. The number of benzene rings is 1. The van der Waals surface area contributed by atoms with Crippen LogP contribution in [0.25, 0.3) is 5.57 Å². The number of aromatic nitrogens is 2. The van der Waals surface area contributed by atoms with Crippen LogP contribution in [0.15, 0.2) is 66.5 Å². The molecule has 0 saturated carbocycles. The zero-order valence-electron chi connectivity index (χ0n) is 15.6. The van der Waals surface area contributed by atoms with E-state index in [2.05, 4.69) is 14.9 Å². The molecule has 6 heteroatoms. The molecule has 28 heavy (non-hydrogen) atoms. The molecule has 1 aliphatic heterocycles. The molecule has 1 fully saturated rings. The number of allylic oxidation sites excluding steroid dienone is 2. The van der Waals surface area contributed by atoms with E-state index in [1.165, 1.54) is 0 Å². The first kappa shape index (κ1) is 18.8. The van der Waals surface area contributed by atoms with Gasteiger partial charge in [-0.3, -0.25) is 4.79 Å². The molecule has 2 heterocycles. The lowest BCUT2D eigenvalue weighted by Gasteiger charge is -2.35. The summed E-state index contributed by atoms with van der Waals surface area (Å²) in [4.78, 5) is 22.7. The van der Waals surface area contributed by atoms with Gasteiger partial charge in [-0.25, -0.2) is 9.97 Å². The van der Waals surface area contributed by atoms with Crippen molar-refractivity contribution in [1.82, 2.24) is 9.97 Å². The van der Waals surface area contributed by atoms with Gasteiger partial charge in [0.1, 0.15) is 5.00 Å².